The Balaban J connectivity index is 1.65. The van der Waals surface area contributed by atoms with E-state index in [1.807, 2.05) is 31.2 Å². The number of benzene rings is 2. The average molecular weight is 525 g/mol. The molecule has 0 atom stereocenters. The molecule has 2 aromatic rings. The standard InChI is InChI=1S/C30H40N2O6/c1-20-25(36-5)17-14-23(27(20)32-28(34)22-10-8-6-7-9-11-22)18-21-12-15-24(16-13-21)37-26(33)19-31-29(35)38-30(2,3)4/h12-17,22H,6-11,18-19H2,1-5H3,(H,31,35)(H,32,34). The second-order valence-corrected chi connectivity index (χ2v) is 10.8. The van der Waals surface area contributed by atoms with E-state index in [1.54, 1.807) is 40.0 Å². The van der Waals surface area contributed by atoms with Crippen molar-refractivity contribution in [1.29, 1.82) is 0 Å². The minimum atomic E-state index is -0.679. The third kappa shape index (κ3) is 8.78. The molecule has 0 heterocycles. The zero-order valence-electron chi connectivity index (χ0n) is 23.1. The van der Waals surface area contributed by atoms with Gasteiger partial charge in [-0.15, -0.1) is 0 Å². The highest BCUT2D eigenvalue weighted by Gasteiger charge is 2.22. The Morgan fingerprint density at radius 1 is 0.947 bits per heavy atom. The van der Waals surface area contributed by atoms with Crippen molar-refractivity contribution < 1.29 is 28.6 Å². The second kappa shape index (κ2) is 13.3. The highest BCUT2D eigenvalue weighted by Crippen LogP contribution is 2.33. The quantitative estimate of drug-likeness (QED) is 0.252. The van der Waals surface area contributed by atoms with E-state index in [2.05, 4.69) is 10.6 Å². The number of esters is 1. The van der Waals surface area contributed by atoms with Crippen LogP contribution in [0.25, 0.3) is 0 Å². The first-order valence-electron chi connectivity index (χ1n) is 13.3. The lowest BCUT2D eigenvalue weighted by Crippen LogP contribution is -2.36. The summed E-state index contributed by atoms with van der Waals surface area (Å²) in [4.78, 5) is 37.0. The number of alkyl carbamates (subject to hydrolysis) is 1. The Morgan fingerprint density at radius 3 is 2.21 bits per heavy atom. The van der Waals surface area contributed by atoms with Crippen molar-refractivity contribution in [3.8, 4) is 11.5 Å². The highest BCUT2D eigenvalue weighted by atomic mass is 16.6. The number of carbonyl (C=O) groups is 3. The minimum absolute atomic E-state index is 0.0368. The fourth-order valence-electron chi connectivity index (χ4n) is 4.58. The van der Waals surface area contributed by atoms with Crippen molar-refractivity contribution in [2.45, 2.75) is 78.2 Å². The van der Waals surface area contributed by atoms with Gasteiger partial charge in [0.1, 0.15) is 23.6 Å². The van der Waals surface area contributed by atoms with Gasteiger partial charge < -0.3 is 24.8 Å². The monoisotopic (exact) mass is 524 g/mol. The van der Waals surface area contributed by atoms with Gasteiger partial charge in [-0.25, -0.2) is 9.59 Å². The SMILES string of the molecule is COc1ccc(Cc2ccc(OC(=O)CNC(=O)OC(C)(C)C)cc2)c(NC(=O)C2CCCCCC2)c1C. The van der Waals surface area contributed by atoms with Crippen LogP contribution in [-0.4, -0.2) is 37.2 Å². The fraction of sp³-hybridized carbons (Fsp3) is 0.500. The van der Waals surface area contributed by atoms with E-state index >= 15 is 0 Å². The van der Waals surface area contributed by atoms with Crippen molar-refractivity contribution in [1.82, 2.24) is 5.32 Å². The summed E-state index contributed by atoms with van der Waals surface area (Å²) in [6.07, 6.45) is 6.33. The molecule has 3 rings (SSSR count). The number of ether oxygens (including phenoxy) is 3. The smallest absolute Gasteiger partial charge is 0.408 e. The van der Waals surface area contributed by atoms with Crippen LogP contribution in [-0.2, 0) is 20.7 Å². The third-order valence-corrected chi connectivity index (χ3v) is 6.52. The molecule has 2 N–H and O–H groups in total. The van der Waals surface area contributed by atoms with Crippen LogP contribution < -0.4 is 20.1 Å². The molecule has 0 aliphatic heterocycles. The molecule has 0 aromatic heterocycles. The lowest BCUT2D eigenvalue weighted by atomic mass is 9.96. The predicted octanol–water partition coefficient (Wildman–Crippen LogP) is 5.93. The molecule has 1 fully saturated rings. The molecule has 0 radical (unpaired) electrons. The lowest BCUT2D eigenvalue weighted by Gasteiger charge is -2.20. The molecule has 1 aliphatic carbocycles. The number of nitrogens with one attached hydrogen (secondary N) is 2. The number of carbonyl (C=O) groups excluding carboxylic acids is 3. The number of amides is 2. The summed E-state index contributed by atoms with van der Waals surface area (Å²) in [5.74, 6) is 0.615. The summed E-state index contributed by atoms with van der Waals surface area (Å²) in [7, 11) is 1.63. The Hall–Kier alpha value is -3.55. The second-order valence-electron chi connectivity index (χ2n) is 10.8. The molecule has 0 bridgehead atoms. The zero-order chi connectivity index (χ0) is 27.7. The number of anilines is 1. The maximum atomic E-state index is 13.2. The number of hydrogen-bond acceptors (Lipinski definition) is 6. The Labute approximate surface area is 225 Å². The van der Waals surface area contributed by atoms with Crippen LogP contribution in [0, 0.1) is 12.8 Å². The van der Waals surface area contributed by atoms with Crippen molar-refractivity contribution in [2.75, 3.05) is 19.0 Å². The van der Waals surface area contributed by atoms with E-state index < -0.39 is 17.7 Å². The summed E-state index contributed by atoms with van der Waals surface area (Å²) in [5.41, 5.74) is 3.02. The third-order valence-electron chi connectivity index (χ3n) is 6.52. The Bertz CT molecular complexity index is 1110. The molecule has 8 heteroatoms. The van der Waals surface area contributed by atoms with Gasteiger partial charge in [-0.3, -0.25) is 4.79 Å². The van der Waals surface area contributed by atoms with Gasteiger partial charge >= 0.3 is 12.1 Å². The zero-order valence-corrected chi connectivity index (χ0v) is 23.1. The highest BCUT2D eigenvalue weighted by molar-refractivity contribution is 5.94. The van der Waals surface area contributed by atoms with Crippen LogP contribution in [0.15, 0.2) is 36.4 Å². The molecule has 2 amide bonds. The van der Waals surface area contributed by atoms with Gasteiger partial charge in [-0.1, -0.05) is 43.9 Å². The van der Waals surface area contributed by atoms with Crippen LogP contribution in [0.1, 0.15) is 76.0 Å². The molecule has 2 aromatic carbocycles. The molecule has 38 heavy (non-hydrogen) atoms. The van der Waals surface area contributed by atoms with Crippen molar-refractivity contribution in [3.05, 3.63) is 53.1 Å². The van der Waals surface area contributed by atoms with Crippen LogP contribution in [0.3, 0.4) is 0 Å². The van der Waals surface area contributed by atoms with Gasteiger partial charge in [0, 0.05) is 11.5 Å². The lowest BCUT2D eigenvalue weighted by molar-refractivity contribution is -0.133. The normalized spacial score (nSPS) is 14.2. The number of hydrogen-bond donors (Lipinski definition) is 2. The predicted molar refractivity (Wildman–Crippen MR) is 147 cm³/mol. The van der Waals surface area contributed by atoms with Crippen molar-refractivity contribution in [2.24, 2.45) is 5.92 Å². The summed E-state index contributed by atoms with van der Waals surface area (Å²) >= 11 is 0. The topological polar surface area (TPSA) is 103 Å². The van der Waals surface area contributed by atoms with Gasteiger partial charge in [0.25, 0.3) is 0 Å². The molecule has 0 spiro atoms. The summed E-state index contributed by atoms with van der Waals surface area (Å²) in [6.45, 7) is 6.89. The molecular weight excluding hydrogens is 484 g/mol. The van der Waals surface area contributed by atoms with E-state index in [0.717, 1.165) is 53.8 Å². The number of rotatable bonds is 8. The van der Waals surface area contributed by atoms with E-state index in [1.165, 1.54) is 12.8 Å². The number of methoxy groups -OCH3 is 1. The first kappa shape index (κ1) is 29.0. The maximum absolute atomic E-state index is 13.2. The van der Waals surface area contributed by atoms with Gasteiger partial charge in [0.15, 0.2) is 0 Å². The molecule has 206 valence electrons. The molecule has 8 nitrogen and oxygen atoms in total. The molecule has 1 aliphatic rings. The fourth-order valence-corrected chi connectivity index (χ4v) is 4.58. The summed E-state index contributed by atoms with van der Waals surface area (Å²) < 4.78 is 16.0. The average Bonchev–Trinajstić information content (AvgIpc) is 3.15. The molecule has 0 saturated heterocycles. The van der Waals surface area contributed by atoms with Crippen LogP contribution in [0.5, 0.6) is 11.5 Å². The maximum Gasteiger partial charge on any atom is 0.408 e. The Morgan fingerprint density at radius 2 is 1.61 bits per heavy atom. The Kier molecular flexibility index (Phi) is 10.2. The minimum Gasteiger partial charge on any atom is -0.496 e. The van der Waals surface area contributed by atoms with Crippen molar-refractivity contribution in [3.63, 3.8) is 0 Å². The van der Waals surface area contributed by atoms with E-state index in [4.69, 9.17) is 14.2 Å². The summed E-state index contributed by atoms with van der Waals surface area (Å²) in [6, 6.07) is 11.1. The summed E-state index contributed by atoms with van der Waals surface area (Å²) in [5, 5.41) is 5.60. The molecular formula is C30H40N2O6. The van der Waals surface area contributed by atoms with E-state index in [9.17, 15) is 14.4 Å². The van der Waals surface area contributed by atoms with Crippen molar-refractivity contribution >= 4 is 23.7 Å². The van der Waals surface area contributed by atoms with Crippen LogP contribution >= 0.6 is 0 Å². The van der Waals surface area contributed by atoms with Crippen LogP contribution in [0.4, 0.5) is 10.5 Å². The van der Waals surface area contributed by atoms with Gasteiger partial charge in [0.05, 0.1) is 12.8 Å². The van der Waals surface area contributed by atoms with Gasteiger partial charge in [0.2, 0.25) is 5.91 Å². The molecule has 0 unspecified atom stereocenters. The largest absolute Gasteiger partial charge is 0.496 e. The first-order valence-corrected chi connectivity index (χ1v) is 13.3. The van der Waals surface area contributed by atoms with Gasteiger partial charge in [-0.2, -0.15) is 0 Å². The van der Waals surface area contributed by atoms with Crippen LogP contribution in [0.2, 0.25) is 0 Å². The first-order chi connectivity index (χ1) is 18.1. The molecule has 1 saturated carbocycles. The van der Waals surface area contributed by atoms with E-state index in [-0.39, 0.29) is 18.4 Å². The van der Waals surface area contributed by atoms with E-state index in [0.29, 0.717) is 12.2 Å². The van der Waals surface area contributed by atoms with Gasteiger partial charge in [-0.05, 0) is 76.3 Å².